The highest BCUT2D eigenvalue weighted by Crippen LogP contribution is 2.38. The number of phenolic OH excluding ortho intramolecular Hbond substituents is 1. The number of aromatic hydroxyl groups is 1. The van der Waals surface area contributed by atoms with E-state index in [1.807, 2.05) is 6.07 Å². The molecule has 0 aliphatic heterocycles. The van der Waals surface area contributed by atoms with E-state index < -0.39 is 0 Å². The number of methoxy groups -OCH3 is 3. The number of carbonyl (C=O) groups excluding carboxylic acids is 1. The van der Waals surface area contributed by atoms with Gasteiger partial charge >= 0.3 is 0 Å². The minimum Gasteiger partial charge on any atom is -0.506 e. The van der Waals surface area contributed by atoms with E-state index in [1.165, 1.54) is 21.3 Å². The summed E-state index contributed by atoms with van der Waals surface area (Å²) in [7, 11) is 4.47. The van der Waals surface area contributed by atoms with Crippen LogP contribution in [0.3, 0.4) is 0 Å². The van der Waals surface area contributed by atoms with Crippen LogP contribution >= 0.6 is 0 Å². The third-order valence-corrected chi connectivity index (χ3v) is 4.38. The lowest BCUT2D eigenvalue weighted by molar-refractivity contribution is 0.102. The Morgan fingerprint density at radius 2 is 1.69 bits per heavy atom. The van der Waals surface area contributed by atoms with Gasteiger partial charge in [0.05, 0.1) is 27.0 Å². The lowest BCUT2D eigenvalue weighted by atomic mass is 9.98. The van der Waals surface area contributed by atoms with Crippen molar-refractivity contribution >= 4 is 11.6 Å². The molecule has 6 nitrogen and oxygen atoms in total. The first-order valence-corrected chi connectivity index (χ1v) is 8.39. The number of carbonyl (C=O) groups is 1. The molecule has 2 N–H and O–H groups in total. The lowest BCUT2D eigenvalue weighted by Crippen LogP contribution is -2.13. The summed E-state index contributed by atoms with van der Waals surface area (Å²) >= 11 is 0. The molecule has 0 radical (unpaired) electrons. The maximum atomic E-state index is 12.7. The Bertz CT molecular complexity index is 763. The number of phenols is 1. The lowest BCUT2D eigenvalue weighted by Gasteiger charge is -2.15. The van der Waals surface area contributed by atoms with Gasteiger partial charge in [0.15, 0.2) is 11.5 Å². The number of amides is 1. The molecule has 0 saturated heterocycles. The molecule has 0 bridgehead atoms. The first-order chi connectivity index (χ1) is 12.4. The fraction of sp³-hybridized carbons (Fsp3) is 0.350. The molecule has 0 saturated carbocycles. The van der Waals surface area contributed by atoms with Gasteiger partial charge in [-0.05, 0) is 42.2 Å². The Balaban J connectivity index is 2.36. The highest BCUT2D eigenvalue weighted by atomic mass is 16.5. The van der Waals surface area contributed by atoms with Crippen LogP contribution in [0.1, 0.15) is 42.1 Å². The normalized spacial score (nSPS) is 11.6. The molecule has 1 amide bonds. The topological polar surface area (TPSA) is 77.0 Å². The van der Waals surface area contributed by atoms with Gasteiger partial charge in [0.1, 0.15) is 5.75 Å². The Morgan fingerprint density at radius 1 is 1.08 bits per heavy atom. The first kappa shape index (κ1) is 19.4. The van der Waals surface area contributed by atoms with Gasteiger partial charge in [-0.1, -0.05) is 19.9 Å². The van der Waals surface area contributed by atoms with Crippen molar-refractivity contribution in [3.8, 4) is 23.0 Å². The Morgan fingerprint density at radius 3 is 2.19 bits per heavy atom. The average molecular weight is 359 g/mol. The van der Waals surface area contributed by atoms with Crippen LogP contribution in [0.4, 0.5) is 5.69 Å². The summed E-state index contributed by atoms with van der Waals surface area (Å²) < 4.78 is 15.8. The molecular weight excluding hydrogens is 334 g/mol. The molecule has 6 heteroatoms. The van der Waals surface area contributed by atoms with Crippen molar-refractivity contribution in [1.82, 2.24) is 0 Å². The van der Waals surface area contributed by atoms with Gasteiger partial charge in [-0.15, -0.1) is 0 Å². The summed E-state index contributed by atoms with van der Waals surface area (Å²) in [5.74, 6) is 1.13. The van der Waals surface area contributed by atoms with E-state index in [1.54, 1.807) is 24.3 Å². The largest absolute Gasteiger partial charge is 0.506 e. The monoisotopic (exact) mass is 359 g/mol. The molecule has 1 atom stereocenters. The fourth-order valence-electron chi connectivity index (χ4n) is 2.60. The minimum atomic E-state index is -0.388. The number of ether oxygens (including phenoxy) is 3. The minimum absolute atomic E-state index is 0.0119. The number of hydrogen-bond donors (Lipinski definition) is 2. The zero-order valence-electron chi connectivity index (χ0n) is 15.8. The molecule has 2 aromatic rings. The molecule has 0 aliphatic rings. The Hall–Kier alpha value is -2.89. The van der Waals surface area contributed by atoms with Gasteiger partial charge in [0, 0.05) is 5.56 Å². The molecule has 0 spiro atoms. The summed E-state index contributed by atoms with van der Waals surface area (Å²) in [5, 5.41) is 12.8. The number of nitrogens with one attached hydrogen (secondary N) is 1. The fourth-order valence-corrected chi connectivity index (χ4v) is 2.60. The number of anilines is 1. The molecule has 2 rings (SSSR count). The van der Waals surface area contributed by atoms with E-state index in [-0.39, 0.29) is 11.7 Å². The van der Waals surface area contributed by atoms with Crippen molar-refractivity contribution < 1.29 is 24.1 Å². The third kappa shape index (κ3) is 4.02. The van der Waals surface area contributed by atoms with Gasteiger partial charge in [-0.2, -0.15) is 0 Å². The Kier molecular flexibility index (Phi) is 6.33. The second-order valence-corrected chi connectivity index (χ2v) is 5.95. The van der Waals surface area contributed by atoms with Crippen molar-refractivity contribution in [1.29, 1.82) is 0 Å². The second-order valence-electron chi connectivity index (χ2n) is 5.95. The summed E-state index contributed by atoms with van der Waals surface area (Å²) in [4.78, 5) is 12.7. The van der Waals surface area contributed by atoms with Gasteiger partial charge in [0.25, 0.3) is 5.91 Å². The molecule has 0 fully saturated rings. The zero-order valence-corrected chi connectivity index (χ0v) is 15.8. The molecule has 2 aromatic carbocycles. The van der Waals surface area contributed by atoms with Crippen LogP contribution in [0.15, 0.2) is 30.3 Å². The predicted octanol–water partition coefficient (Wildman–Crippen LogP) is 4.18. The van der Waals surface area contributed by atoms with Gasteiger partial charge in [0.2, 0.25) is 5.75 Å². The smallest absolute Gasteiger partial charge is 0.256 e. The maximum absolute atomic E-state index is 12.7. The summed E-state index contributed by atoms with van der Waals surface area (Å²) in [5.41, 5.74) is 1.74. The zero-order chi connectivity index (χ0) is 19.3. The van der Waals surface area contributed by atoms with Crippen LogP contribution in [0.2, 0.25) is 0 Å². The van der Waals surface area contributed by atoms with Crippen LogP contribution in [-0.4, -0.2) is 32.3 Å². The number of benzene rings is 2. The molecule has 0 aromatic heterocycles. The predicted molar refractivity (Wildman–Crippen MR) is 101 cm³/mol. The van der Waals surface area contributed by atoms with E-state index in [0.29, 0.717) is 34.4 Å². The van der Waals surface area contributed by atoms with E-state index >= 15 is 0 Å². The molecule has 26 heavy (non-hydrogen) atoms. The standard InChI is InChI=1S/C20H25NO5/c1-6-12(2)13-7-8-16(22)15(9-13)21-20(23)14-10-17(24-3)19(26-5)18(11-14)25-4/h7-12,22H,6H2,1-5H3,(H,21,23). The van der Waals surface area contributed by atoms with Gasteiger partial charge < -0.3 is 24.6 Å². The average Bonchev–Trinajstić information content (AvgIpc) is 2.67. The second kappa shape index (κ2) is 8.47. The van der Waals surface area contributed by atoms with Crippen LogP contribution in [0.5, 0.6) is 23.0 Å². The van der Waals surface area contributed by atoms with E-state index in [9.17, 15) is 9.90 Å². The Labute approximate surface area is 153 Å². The first-order valence-electron chi connectivity index (χ1n) is 8.39. The van der Waals surface area contributed by atoms with Crippen LogP contribution in [0, 0.1) is 0 Å². The van der Waals surface area contributed by atoms with Crippen LogP contribution in [0.25, 0.3) is 0 Å². The van der Waals surface area contributed by atoms with E-state index in [4.69, 9.17) is 14.2 Å². The SMILES string of the molecule is CCC(C)c1ccc(O)c(NC(=O)c2cc(OC)c(OC)c(OC)c2)c1. The quantitative estimate of drug-likeness (QED) is 0.725. The van der Waals surface area contributed by atoms with E-state index in [2.05, 4.69) is 19.2 Å². The molecular formula is C20H25NO5. The summed E-state index contributed by atoms with van der Waals surface area (Å²) in [6.45, 7) is 4.18. The number of hydrogen-bond acceptors (Lipinski definition) is 5. The third-order valence-electron chi connectivity index (χ3n) is 4.38. The van der Waals surface area contributed by atoms with Crippen LogP contribution in [-0.2, 0) is 0 Å². The van der Waals surface area contributed by atoms with Crippen molar-refractivity contribution in [2.45, 2.75) is 26.2 Å². The van der Waals surface area contributed by atoms with Crippen molar-refractivity contribution in [2.24, 2.45) is 0 Å². The highest BCUT2D eigenvalue weighted by Gasteiger charge is 2.18. The summed E-state index contributed by atoms with van der Waals surface area (Å²) in [6.07, 6.45) is 0.963. The molecule has 140 valence electrons. The number of rotatable bonds is 7. The maximum Gasteiger partial charge on any atom is 0.256 e. The van der Waals surface area contributed by atoms with Crippen molar-refractivity contribution in [3.63, 3.8) is 0 Å². The van der Waals surface area contributed by atoms with Gasteiger partial charge in [-0.25, -0.2) is 0 Å². The van der Waals surface area contributed by atoms with Crippen molar-refractivity contribution in [3.05, 3.63) is 41.5 Å². The van der Waals surface area contributed by atoms with Gasteiger partial charge in [-0.3, -0.25) is 4.79 Å². The van der Waals surface area contributed by atoms with Crippen LogP contribution < -0.4 is 19.5 Å². The summed E-state index contributed by atoms with van der Waals surface area (Å²) in [6, 6.07) is 8.36. The van der Waals surface area contributed by atoms with E-state index in [0.717, 1.165) is 12.0 Å². The highest BCUT2D eigenvalue weighted by molar-refractivity contribution is 6.05. The molecule has 0 heterocycles. The van der Waals surface area contributed by atoms with Crippen molar-refractivity contribution in [2.75, 3.05) is 26.6 Å². The molecule has 0 aliphatic carbocycles. The molecule has 1 unspecified atom stereocenters.